The third-order valence-corrected chi connectivity index (χ3v) is 4.81. The van der Waals surface area contributed by atoms with Gasteiger partial charge in [0.15, 0.2) is 0 Å². The molecular weight excluding hydrogens is 312 g/mol. The van der Waals surface area contributed by atoms with Crippen LogP contribution in [0.5, 0.6) is 0 Å². The summed E-state index contributed by atoms with van der Waals surface area (Å²) in [4.78, 5) is 15.1. The molecule has 2 aromatic rings. The van der Waals surface area contributed by atoms with Gasteiger partial charge in [0.25, 0.3) is 0 Å². The first-order valence-electron chi connectivity index (χ1n) is 8.89. The Morgan fingerprint density at radius 3 is 2.32 bits per heavy atom. The quantitative estimate of drug-likeness (QED) is 0.843. The summed E-state index contributed by atoms with van der Waals surface area (Å²) in [5.41, 5.74) is 2.41. The molecule has 1 heterocycles. The van der Waals surface area contributed by atoms with Gasteiger partial charge in [0.05, 0.1) is 19.1 Å². The molecule has 1 fully saturated rings. The van der Waals surface area contributed by atoms with Crippen molar-refractivity contribution < 1.29 is 9.53 Å². The smallest absolute Gasteiger partial charge is 0.229 e. The van der Waals surface area contributed by atoms with E-state index in [1.165, 1.54) is 5.56 Å². The van der Waals surface area contributed by atoms with E-state index in [0.29, 0.717) is 26.3 Å². The van der Waals surface area contributed by atoms with Gasteiger partial charge in [-0.1, -0.05) is 60.7 Å². The Labute approximate surface area is 149 Å². The molecule has 0 aliphatic carbocycles. The lowest BCUT2D eigenvalue weighted by molar-refractivity contribution is -0.136. The fraction of sp³-hybridized carbons (Fsp3) is 0.381. The van der Waals surface area contributed by atoms with Gasteiger partial charge in [0.2, 0.25) is 5.91 Å². The molecule has 1 aliphatic heterocycles. The molecule has 25 heavy (non-hydrogen) atoms. The van der Waals surface area contributed by atoms with Crippen molar-refractivity contribution in [3.05, 3.63) is 71.8 Å². The summed E-state index contributed by atoms with van der Waals surface area (Å²) in [6.07, 6.45) is 0.858. The van der Waals surface area contributed by atoms with E-state index in [-0.39, 0.29) is 17.9 Å². The molecule has 1 saturated heterocycles. The van der Waals surface area contributed by atoms with Crippen LogP contribution in [-0.2, 0) is 22.5 Å². The van der Waals surface area contributed by atoms with E-state index < -0.39 is 0 Å². The third-order valence-electron chi connectivity index (χ3n) is 4.81. The Kier molecular flexibility index (Phi) is 6.20. The molecule has 4 nitrogen and oxygen atoms in total. The summed E-state index contributed by atoms with van der Waals surface area (Å²) in [5.74, 6) is 0.0705. The number of nitrogens with zero attached hydrogens (tertiary/aromatic N) is 1. The number of nitrogens with one attached hydrogen (secondary N) is 1. The van der Waals surface area contributed by atoms with E-state index in [0.717, 1.165) is 12.0 Å². The maximum absolute atomic E-state index is 13.1. The first-order valence-corrected chi connectivity index (χ1v) is 8.89. The van der Waals surface area contributed by atoms with Crippen LogP contribution in [0, 0.1) is 5.92 Å². The van der Waals surface area contributed by atoms with Crippen molar-refractivity contribution in [1.29, 1.82) is 0 Å². The van der Waals surface area contributed by atoms with Crippen LogP contribution in [0.3, 0.4) is 0 Å². The number of rotatable bonds is 7. The standard InChI is InChI=1S/C21H26N2O2/c1-22-20-16-25-15-19(20)21(24)23(14-18-10-6-3-7-11-18)13-12-17-8-4-2-5-9-17/h2-11,19-20,22H,12-16H2,1H3. The monoisotopic (exact) mass is 338 g/mol. The summed E-state index contributed by atoms with van der Waals surface area (Å²) in [6, 6.07) is 20.6. The molecule has 132 valence electrons. The second-order valence-electron chi connectivity index (χ2n) is 6.52. The molecule has 0 bridgehead atoms. The Bertz CT molecular complexity index is 660. The van der Waals surface area contributed by atoms with Gasteiger partial charge in [-0.2, -0.15) is 0 Å². The fourth-order valence-corrected chi connectivity index (χ4v) is 3.30. The molecular formula is C21H26N2O2. The summed E-state index contributed by atoms with van der Waals surface area (Å²) >= 11 is 0. The predicted molar refractivity (Wildman–Crippen MR) is 99.2 cm³/mol. The number of hydrogen-bond acceptors (Lipinski definition) is 3. The van der Waals surface area contributed by atoms with Gasteiger partial charge in [0, 0.05) is 19.1 Å². The molecule has 1 amide bonds. The minimum Gasteiger partial charge on any atom is -0.379 e. The van der Waals surface area contributed by atoms with Gasteiger partial charge in [-0.3, -0.25) is 4.79 Å². The largest absolute Gasteiger partial charge is 0.379 e. The lowest BCUT2D eigenvalue weighted by Gasteiger charge is -2.27. The number of amides is 1. The van der Waals surface area contributed by atoms with Gasteiger partial charge in [-0.05, 0) is 24.6 Å². The van der Waals surface area contributed by atoms with Crippen LogP contribution in [0.1, 0.15) is 11.1 Å². The molecule has 1 N–H and O–H groups in total. The Morgan fingerprint density at radius 1 is 1.04 bits per heavy atom. The van der Waals surface area contributed by atoms with Gasteiger partial charge in [-0.15, -0.1) is 0 Å². The zero-order valence-corrected chi connectivity index (χ0v) is 14.7. The fourth-order valence-electron chi connectivity index (χ4n) is 3.30. The molecule has 3 rings (SSSR count). The molecule has 4 heteroatoms. The van der Waals surface area contributed by atoms with Crippen molar-refractivity contribution >= 4 is 5.91 Å². The first kappa shape index (κ1) is 17.6. The summed E-state index contributed by atoms with van der Waals surface area (Å²) in [6.45, 7) is 2.45. The van der Waals surface area contributed by atoms with Crippen LogP contribution in [-0.4, -0.2) is 43.7 Å². The maximum Gasteiger partial charge on any atom is 0.229 e. The lowest BCUT2D eigenvalue weighted by atomic mass is 10.0. The SMILES string of the molecule is CNC1COCC1C(=O)N(CCc1ccccc1)Cc1ccccc1. The number of hydrogen-bond donors (Lipinski definition) is 1. The molecule has 1 aliphatic rings. The van der Waals surface area contributed by atoms with Crippen LogP contribution in [0.25, 0.3) is 0 Å². The minimum absolute atomic E-state index is 0.0995. The molecule has 2 aromatic carbocycles. The number of benzene rings is 2. The highest BCUT2D eigenvalue weighted by Crippen LogP contribution is 2.19. The minimum atomic E-state index is -0.107. The average Bonchev–Trinajstić information content (AvgIpc) is 3.15. The predicted octanol–water partition coefficient (Wildman–Crippen LogP) is 2.49. The molecule has 0 saturated carbocycles. The van der Waals surface area contributed by atoms with Crippen LogP contribution in [0.15, 0.2) is 60.7 Å². The Balaban J connectivity index is 1.72. The molecule has 0 radical (unpaired) electrons. The van der Waals surface area contributed by atoms with Gasteiger partial charge in [0.1, 0.15) is 0 Å². The number of ether oxygens (including phenoxy) is 1. The van der Waals surface area contributed by atoms with Crippen molar-refractivity contribution in [2.45, 2.75) is 19.0 Å². The molecule has 0 spiro atoms. The highest BCUT2D eigenvalue weighted by Gasteiger charge is 2.35. The first-order chi connectivity index (χ1) is 12.3. The zero-order valence-electron chi connectivity index (χ0n) is 14.7. The van der Waals surface area contributed by atoms with E-state index in [1.54, 1.807) is 0 Å². The Morgan fingerprint density at radius 2 is 1.68 bits per heavy atom. The van der Waals surface area contributed by atoms with E-state index in [9.17, 15) is 4.79 Å². The zero-order chi connectivity index (χ0) is 17.5. The van der Waals surface area contributed by atoms with Crippen molar-refractivity contribution in [3.63, 3.8) is 0 Å². The van der Waals surface area contributed by atoms with Crippen molar-refractivity contribution in [3.8, 4) is 0 Å². The molecule has 0 aromatic heterocycles. The van der Waals surface area contributed by atoms with Gasteiger partial charge >= 0.3 is 0 Å². The number of likely N-dealkylation sites (N-methyl/N-ethyl adjacent to an activating group) is 1. The molecule has 2 unspecified atom stereocenters. The Hall–Kier alpha value is -2.17. The number of carbonyl (C=O) groups excluding carboxylic acids is 1. The van der Waals surface area contributed by atoms with E-state index >= 15 is 0 Å². The van der Waals surface area contributed by atoms with E-state index in [1.807, 2.05) is 48.3 Å². The van der Waals surface area contributed by atoms with Crippen molar-refractivity contribution in [2.24, 2.45) is 5.92 Å². The van der Waals surface area contributed by atoms with E-state index in [4.69, 9.17) is 4.74 Å². The van der Waals surface area contributed by atoms with Crippen molar-refractivity contribution in [1.82, 2.24) is 10.2 Å². The molecule has 2 atom stereocenters. The van der Waals surface area contributed by atoms with Crippen LogP contribution < -0.4 is 5.32 Å². The topological polar surface area (TPSA) is 41.6 Å². The average molecular weight is 338 g/mol. The third kappa shape index (κ3) is 4.68. The van der Waals surface area contributed by atoms with Gasteiger partial charge < -0.3 is 15.0 Å². The summed E-state index contributed by atoms with van der Waals surface area (Å²) in [5, 5.41) is 3.21. The highest BCUT2D eigenvalue weighted by atomic mass is 16.5. The highest BCUT2D eigenvalue weighted by molar-refractivity contribution is 5.80. The second-order valence-corrected chi connectivity index (χ2v) is 6.52. The van der Waals surface area contributed by atoms with Crippen LogP contribution in [0.2, 0.25) is 0 Å². The summed E-state index contributed by atoms with van der Waals surface area (Å²) in [7, 11) is 1.89. The summed E-state index contributed by atoms with van der Waals surface area (Å²) < 4.78 is 5.53. The second kappa shape index (κ2) is 8.79. The normalized spacial score (nSPS) is 19.7. The maximum atomic E-state index is 13.1. The lowest BCUT2D eigenvalue weighted by Crippen LogP contribution is -2.45. The van der Waals surface area contributed by atoms with Gasteiger partial charge in [-0.25, -0.2) is 0 Å². The number of carbonyl (C=O) groups is 1. The van der Waals surface area contributed by atoms with Crippen molar-refractivity contribution in [2.75, 3.05) is 26.8 Å². The van der Waals surface area contributed by atoms with E-state index in [2.05, 4.69) is 29.6 Å². The van der Waals surface area contributed by atoms with Crippen LogP contribution in [0.4, 0.5) is 0 Å². The van der Waals surface area contributed by atoms with Crippen LogP contribution >= 0.6 is 0 Å².